The Bertz CT molecular complexity index is 752. The second-order valence-electron chi connectivity index (χ2n) is 6.07. The molecule has 0 radical (unpaired) electrons. The van der Waals surface area contributed by atoms with Crippen molar-refractivity contribution in [3.63, 3.8) is 0 Å². The SMILES string of the molecule is COc1cccc(CNC(=O)C(C)NC(C)c2ccc(OC)c(Br)c2)c1. The fourth-order valence-electron chi connectivity index (χ4n) is 2.62. The largest absolute Gasteiger partial charge is 0.497 e. The molecule has 0 bridgehead atoms. The highest BCUT2D eigenvalue weighted by molar-refractivity contribution is 9.10. The van der Waals surface area contributed by atoms with Crippen molar-refractivity contribution in [3.05, 3.63) is 58.1 Å². The molecule has 26 heavy (non-hydrogen) atoms. The van der Waals surface area contributed by atoms with Crippen LogP contribution in [0.1, 0.15) is 31.0 Å². The molecule has 1 amide bonds. The number of hydrogen-bond donors (Lipinski definition) is 2. The molecule has 0 spiro atoms. The van der Waals surface area contributed by atoms with Crippen LogP contribution in [-0.2, 0) is 11.3 Å². The van der Waals surface area contributed by atoms with E-state index >= 15 is 0 Å². The van der Waals surface area contributed by atoms with Crippen LogP contribution in [0.3, 0.4) is 0 Å². The van der Waals surface area contributed by atoms with E-state index in [-0.39, 0.29) is 18.0 Å². The van der Waals surface area contributed by atoms with Crippen LogP contribution < -0.4 is 20.1 Å². The molecule has 0 aliphatic carbocycles. The Labute approximate surface area is 163 Å². The predicted octanol–water partition coefficient (Wildman–Crippen LogP) is 3.82. The zero-order valence-electron chi connectivity index (χ0n) is 15.5. The molecule has 0 saturated carbocycles. The van der Waals surface area contributed by atoms with E-state index in [0.29, 0.717) is 6.54 Å². The van der Waals surface area contributed by atoms with Gasteiger partial charge in [0, 0.05) is 12.6 Å². The molecule has 6 heteroatoms. The number of carbonyl (C=O) groups excluding carboxylic acids is 1. The monoisotopic (exact) mass is 420 g/mol. The Balaban J connectivity index is 1.90. The summed E-state index contributed by atoms with van der Waals surface area (Å²) >= 11 is 3.49. The van der Waals surface area contributed by atoms with Crippen LogP contribution in [-0.4, -0.2) is 26.2 Å². The number of ether oxygens (including phenoxy) is 2. The summed E-state index contributed by atoms with van der Waals surface area (Å²) in [6.45, 7) is 4.35. The zero-order valence-corrected chi connectivity index (χ0v) is 17.1. The highest BCUT2D eigenvalue weighted by atomic mass is 79.9. The third kappa shape index (κ3) is 5.47. The Hall–Kier alpha value is -2.05. The predicted molar refractivity (Wildman–Crippen MR) is 107 cm³/mol. The van der Waals surface area contributed by atoms with Gasteiger partial charge in [0.15, 0.2) is 0 Å². The fourth-order valence-corrected chi connectivity index (χ4v) is 3.18. The van der Waals surface area contributed by atoms with Gasteiger partial charge in [-0.15, -0.1) is 0 Å². The maximum atomic E-state index is 12.4. The van der Waals surface area contributed by atoms with Crippen LogP contribution in [0, 0.1) is 0 Å². The first-order chi connectivity index (χ1) is 12.4. The molecule has 2 atom stereocenters. The van der Waals surface area contributed by atoms with Crippen molar-refractivity contribution in [2.24, 2.45) is 0 Å². The Kier molecular flexibility index (Phi) is 7.48. The molecule has 0 aromatic heterocycles. The maximum absolute atomic E-state index is 12.4. The second-order valence-corrected chi connectivity index (χ2v) is 6.93. The highest BCUT2D eigenvalue weighted by Crippen LogP contribution is 2.28. The van der Waals surface area contributed by atoms with Gasteiger partial charge in [-0.3, -0.25) is 10.1 Å². The van der Waals surface area contributed by atoms with Crippen molar-refractivity contribution in [2.75, 3.05) is 14.2 Å². The number of benzene rings is 2. The standard InChI is InChI=1S/C20H25BrN2O3/c1-13(16-8-9-19(26-4)18(21)11-16)23-14(2)20(24)22-12-15-6-5-7-17(10-15)25-3/h5-11,13-14,23H,12H2,1-4H3,(H,22,24). The number of carbonyl (C=O) groups is 1. The molecule has 0 fully saturated rings. The number of hydrogen-bond acceptors (Lipinski definition) is 4. The summed E-state index contributed by atoms with van der Waals surface area (Å²) in [5, 5.41) is 6.27. The first-order valence-electron chi connectivity index (χ1n) is 8.44. The summed E-state index contributed by atoms with van der Waals surface area (Å²) in [6.07, 6.45) is 0. The summed E-state index contributed by atoms with van der Waals surface area (Å²) in [7, 11) is 3.26. The van der Waals surface area contributed by atoms with Crippen molar-refractivity contribution in [1.82, 2.24) is 10.6 Å². The zero-order chi connectivity index (χ0) is 19.1. The summed E-state index contributed by atoms with van der Waals surface area (Å²) in [6, 6.07) is 13.3. The minimum atomic E-state index is -0.323. The first kappa shape index (κ1) is 20.3. The molecular weight excluding hydrogens is 396 g/mol. The molecule has 2 aromatic carbocycles. The van der Waals surface area contributed by atoms with Gasteiger partial charge < -0.3 is 14.8 Å². The summed E-state index contributed by atoms with van der Waals surface area (Å²) in [5.41, 5.74) is 2.07. The molecule has 0 heterocycles. The third-order valence-corrected chi connectivity index (χ3v) is 4.79. The normalized spacial score (nSPS) is 13.0. The van der Waals surface area contributed by atoms with E-state index in [0.717, 1.165) is 27.1 Å². The lowest BCUT2D eigenvalue weighted by molar-refractivity contribution is -0.123. The highest BCUT2D eigenvalue weighted by Gasteiger charge is 2.17. The molecule has 5 nitrogen and oxygen atoms in total. The fraction of sp³-hybridized carbons (Fsp3) is 0.350. The maximum Gasteiger partial charge on any atom is 0.237 e. The van der Waals surface area contributed by atoms with Gasteiger partial charge in [-0.2, -0.15) is 0 Å². The van der Waals surface area contributed by atoms with E-state index < -0.39 is 0 Å². The van der Waals surface area contributed by atoms with E-state index in [2.05, 4.69) is 26.6 Å². The average Bonchev–Trinajstić information content (AvgIpc) is 2.65. The lowest BCUT2D eigenvalue weighted by Gasteiger charge is -2.20. The van der Waals surface area contributed by atoms with E-state index in [9.17, 15) is 4.79 Å². The molecular formula is C20H25BrN2O3. The van der Waals surface area contributed by atoms with E-state index in [1.54, 1.807) is 14.2 Å². The van der Waals surface area contributed by atoms with Crippen LogP contribution in [0.2, 0.25) is 0 Å². The summed E-state index contributed by atoms with van der Waals surface area (Å²) < 4.78 is 11.3. The van der Waals surface area contributed by atoms with Crippen LogP contribution in [0.15, 0.2) is 46.9 Å². The smallest absolute Gasteiger partial charge is 0.237 e. The van der Waals surface area contributed by atoms with Gasteiger partial charge >= 0.3 is 0 Å². The Morgan fingerprint density at radius 1 is 1.12 bits per heavy atom. The first-order valence-corrected chi connectivity index (χ1v) is 9.24. The topological polar surface area (TPSA) is 59.6 Å². The summed E-state index contributed by atoms with van der Waals surface area (Å²) in [4.78, 5) is 12.4. The van der Waals surface area contributed by atoms with Crippen LogP contribution in [0.25, 0.3) is 0 Å². The number of nitrogens with one attached hydrogen (secondary N) is 2. The Morgan fingerprint density at radius 3 is 2.54 bits per heavy atom. The van der Waals surface area contributed by atoms with Crippen molar-refractivity contribution in [3.8, 4) is 11.5 Å². The number of halogens is 1. The van der Waals surface area contributed by atoms with E-state index in [1.807, 2.05) is 56.3 Å². The van der Waals surface area contributed by atoms with Gasteiger partial charge in [0.25, 0.3) is 0 Å². The molecule has 2 aromatic rings. The van der Waals surface area contributed by atoms with Crippen LogP contribution in [0.5, 0.6) is 11.5 Å². The van der Waals surface area contributed by atoms with Gasteiger partial charge in [-0.05, 0) is 65.2 Å². The average molecular weight is 421 g/mol. The van der Waals surface area contributed by atoms with Gasteiger partial charge in [0.1, 0.15) is 11.5 Å². The minimum absolute atomic E-state index is 0.0229. The lowest BCUT2D eigenvalue weighted by Crippen LogP contribution is -2.42. The van der Waals surface area contributed by atoms with Gasteiger partial charge in [0.05, 0.1) is 24.7 Å². The second kappa shape index (κ2) is 9.59. The van der Waals surface area contributed by atoms with Crippen LogP contribution in [0.4, 0.5) is 0 Å². The number of amides is 1. The molecule has 2 unspecified atom stereocenters. The van der Waals surface area contributed by atoms with Crippen molar-refractivity contribution >= 4 is 21.8 Å². The molecule has 2 N–H and O–H groups in total. The number of methoxy groups -OCH3 is 2. The quantitative estimate of drug-likeness (QED) is 0.681. The van der Waals surface area contributed by atoms with E-state index in [4.69, 9.17) is 9.47 Å². The van der Waals surface area contributed by atoms with E-state index in [1.165, 1.54) is 0 Å². The minimum Gasteiger partial charge on any atom is -0.497 e. The van der Waals surface area contributed by atoms with Crippen molar-refractivity contribution in [2.45, 2.75) is 32.5 Å². The van der Waals surface area contributed by atoms with Crippen molar-refractivity contribution < 1.29 is 14.3 Å². The molecule has 140 valence electrons. The molecule has 0 aliphatic heterocycles. The molecule has 0 aliphatic rings. The van der Waals surface area contributed by atoms with Gasteiger partial charge in [-0.25, -0.2) is 0 Å². The van der Waals surface area contributed by atoms with Crippen molar-refractivity contribution in [1.29, 1.82) is 0 Å². The Morgan fingerprint density at radius 2 is 1.88 bits per heavy atom. The van der Waals surface area contributed by atoms with Gasteiger partial charge in [0.2, 0.25) is 5.91 Å². The molecule has 2 rings (SSSR count). The number of rotatable bonds is 8. The van der Waals surface area contributed by atoms with Gasteiger partial charge in [-0.1, -0.05) is 18.2 Å². The van der Waals surface area contributed by atoms with Crippen LogP contribution >= 0.6 is 15.9 Å². The molecule has 0 saturated heterocycles. The lowest BCUT2D eigenvalue weighted by atomic mass is 10.1. The summed E-state index contributed by atoms with van der Waals surface area (Å²) in [5.74, 6) is 1.51. The third-order valence-electron chi connectivity index (χ3n) is 4.17.